The zero-order chi connectivity index (χ0) is 88.5. The fourth-order valence-electron chi connectivity index (χ4n) is 46.9. The molecule has 0 radical (unpaired) electrons. The number of fused-ring (bicyclic) bond motifs is 63. The maximum atomic E-state index is 2.60. The summed E-state index contributed by atoms with van der Waals surface area (Å²) >= 11 is 0. The Hall–Kier alpha value is -2.60. The number of benzene rings is 1. The van der Waals surface area contributed by atoms with Crippen molar-refractivity contribution in [2.24, 2.45) is 302 Å². The Bertz CT molecular complexity index is 4190. The number of hydrogen-bond acceptors (Lipinski definition) is 0. The molecule has 0 heterocycles. The maximum Gasteiger partial charge on any atom is -0.0194 e. The number of hydrogen-bond donors (Lipinski definition) is 0. The largest absolute Gasteiger partial charge is 0.0848 e. The van der Waals surface area contributed by atoms with Gasteiger partial charge in [0.1, 0.15) is 0 Å². The second kappa shape index (κ2) is 40.2. The molecule has 0 aromatic heterocycles. The van der Waals surface area contributed by atoms with E-state index in [0.717, 1.165) is 302 Å². The Morgan fingerprint density at radius 1 is 0.188 bits per heavy atom. The van der Waals surface area contributed by atoms with Crippen molar-refractivity contribution in [3.05, 3.63) is 121 Å². The van der Waals surface area contributed by atoms with Gasteiger partial charge in [0.2, 0.25) is 0 Å². The van der Waals surface area contributed by atoms with Gasteiger partial charge in [0.25, 0.3) is 0 Å². The minimum absolute atomic E-state index is 0.972. The molecule has 30 aliphatic rings. The number of aryl methyl sites for hydroxylation is 1. The molecular formula is C133H198. The van der Waals surface area contributed by atoms with Crippen molar-refractivity contribution in [2.75, 3.05) is 0 Å². The van der Waals surface area contributed by atoms with Crippen LogP contribution in [0.1, 0.15) is 399 Å². The Balaban J connectivity index is 0.0000000833. The molecule has 30 aliphatic carbocycles. The summed E-state index contributed by atoms with van der Waals surface area (Å²) in [4.78, 5) is 0. The zero-order valence-electron chi connectivity index (χ0n) is 85.9. The SMILES string of the molecule is C1=CC2CC1C1C3CC(C4CCCCC4)C(C3)C21.C1=CC2CC1C1C3CC(CC4CCCCC4)C(C3)C21.C1=CC2CC1C1C3CC(CCc4ccccc4)C(C3)C21.CCCCC1CC2CC1C1C3C=CC(C3)C21.CCCCCCC1CC2CC1C1C3C=CC(C3)C21.CCCCCCCCC1CC2CC1C1C3C=CC(C3)C21.CCCCCCCCCCC1CC2CC1C1C3C=CC(C3)C21. The Labute approximate surface area is 817 Å². The summed E-state index contributed by atoms with van der Waals surface area (Å²) in [5, 5.41) is 0. The summed E-state index contributed by atoms with van der Waals surface area (Å²) in [6, 6.07) is 11.1. The average molecular weight is 1800 g/mol. The summed E-state index contributed by atoms with van der Waals surface area (Å²) in [7, 11) is 0. The van der Waals surface area contributed by atoms with E-state index in [4.69, 9.17) is 0 Å². The van der Waals surface area contributed by atoms with Crippen LogP contribution in [0.4, 0.5) is 0 Å². The average Bonchev–Trinajstić information content (AvgIpc) is 1.58. The summed E-state index contributed by atoms with van der Waals surface area (Å²) in [6.45, 7) is 9.29. The van der Waals surface area contributed by atoms with E-state index in [9.17, 15) is 0 Å². The molecule has 0 amide bonds. The topological polar surface area (TPSA) is 0 Å². The smallest absolute Gasteiger partial charge is 0.0194 e. The van der Waals surface area contributed by atoms with Crippen LogP contribution in [0.5, 0.6) is 0 Å². The second-order valence-corrected chi connectivity index (χ2v) is 56.2. The van der Waals surface area contributed by atoms with E-state index in [-0.39, 0.29) is 0 Å². The highest BCUT2D eigenvalue weighted by molar-refractivity contribution is 5.29. The Kier molecular flexibility index (Phi) is 27.7. The highest BCUT2D eigenvalue weighted by Gasteiger charge is 2.68. The fourth-order valence-corrected chi connectivity index (χ4v) is 46.9. The van der Waals surface area contributed by atoms with E-state index >= 15 is 0 Å². The predicted molar refractivity (Wildman–Crippen MR) is 558 cm³/mol. The van der Waals surface area contributed by atoms with Crippen molar-refractivity contribution in [2.45, 2.75) is 400 Å². The molecule has 0 aliphatic heterocycles. The lowest BCUT2D eigenvalue weighted by molar-refractivity contribution is 0.0918. The number of allylic oxidation sites excluding steroid dienone is 14. The van der Waals surface area contributed by atoms with Crippen LogP contribution < -0.4 is 0 Å². The first-order chi connectivity index (χ1) is 65.7. The first-order valence-corrected chi connectivity index (χ1v) is 62.6. The van der Waals surface area contributed by atoms with E-state index in [0.29, 0.717) is 0 Å². The number of unbranched alkanes of at least 4 members (excludes halogenated alkanes) is 16. The maximum absolute atomic E-state index is 2.60. The summed E-state index contributed by atoms with van der Waals surface area (Å²) in [5.74, 6) is 55.9. The summed E-state index contributed by atoms with van der Waals surface area (Å²) in [6.07, 6.45) is 125. The van der Waals surface area contributed by atoms with Crippen LogP contribution in [0.25, 0.3) is 0 Å². The number of rotatable bonds is 30. The third kappa shape index (κ3) is 17.2. The van der Waals surface area contributed by atoms with Gasteiger partial charge in [-0.25, -0.2) is 0 Å². The molecule has 31 rings (SSSR count). The minimum atomic E-state index is 0.972. The van der Waals surface area contributed by atoms with Gasteiger partial charge in [-0.1, -0.05) is 361 Å². The molecular weight excluding hydrogens is 1600 g/mol. The van der Waals surface area contributed by atoms with Crippen LogP contribution in [0.2, 0.25) is 0 Å². The predicted octanol–water partition coefficient (Wildman–Crippen LogP) is 36.2. The van der Waals surface area contributed by atoms with Crippen molar-refractivity contribution in [1.82, 2.24) is 0 Å². The molecule has 28 bridgehead atoms. The van der Waals surface area contributed by atoms with Crippen LogP contribution in [-0.2, 0) is 6.42 Å². The highest BCUT2D eigenvalue weighted by Crippen LogP contribution is 2.76. The van der Waals surface area contributed by atoms with E-state index < -0.39 is 0 Å². The molecule has 1 aromatic carbocycles. The van der Waals surface area contributed by atoms with Gasteiger partial charge < -0.3 is 0 Å². The van der Waals surface area contributed by atoms with E-state index in [1.54, 1.807) is 179 Å². The van der Waals surface area contributed by atoms with E-state index in [2.05, 4.69) is 143 Å². The van der Waals surface area contributed by atoms with Crippen LogP contribution in [0.3, 0.4) is 0 Å². The van der Waals surface area contributed by atoms with Crippen LogP contribution in [-0.4, -0.2) is 0 Å². The van der Waals surface area contributed by atoms with Gasteiger partial charge in [-0.2, -0.15) is 0 Å². The molecule has 23 saturated carbocycles. The molecule has 730 valence electrons. The monoisotopic (exact) mass is 1800 g/mol. The zero-order valence-corrected chi connectivity index (χ0v) is 85.9. The fraction of sp³-hybridized carbons (Fsp3) is 0.850. The molecule has 49 atom stereocenters. The molecule has 0 nitrogen and oxygen atoms in total. The summed E-state index contributed by atoms with van der Waals surface area (Å²) in [5.41, 5.74) is 1.54. The molecule has 49 unspecified atom stereocenters. The molecule has 0 spiro atoms. The van der Waals surface area contributed by atoms with Gasteiger partial charge >= 0.3 is 0 Å². The van der Waals surface area contributed by atoms with Gasteiger partial charge in [0.15, 0.2) is 0 Å². The van der Waals surface area contributed by atoms with Crippen molar-refractivity contribution in [3.8, 4) is 0 Å². The molecule has 0 N–H and O–H groups in total. The minimum Gasteiger partial charge on any atom is -0.0848 e. The second-order valence-electron chi connectivity index (χ2n) is 56.2. The Morgan fingerprint density at radius 2 is 0.429 bits per heavy atom. The standard InChI is InChI=1S/C22H36.C20H24.C20H32.C19H28.C18H26.C18H28.C16H24/c1-2-3-4-5-6-7-8-9-10-16-13-19-15-20(16)22-18-12-11-17(14-18)21(19)22;1-2-4-13(5-3-1)6-7-14-10-17-12-18(14)20-16-9-8-15(11-16)19(17)20;1-2-3-4-5-6-7-8-14-11-17-13-18(14)20-16-10-9-15(12-16)19(17)20;1-2-4-12(5-3-1)8-15-10-16-11-17(15)19-14-7-6-13(9-14)18(16)19;1-2-4-11(5-3-1)15-9-14-10-16(15)18-13-7-6-12(8-13)17(14)18;1-2-3-4-5-6-12-9-15-11-16(12)18-14-8-7-13(10-14)17(15)18;1-2-3-4-10-7-13-9-14(10)16-12-6-5-11(8-12)15(13)16/h11-12,16-22H,2-10,13-15H2,1H3;1-5,8-9,14-20H,6-7,10-12H2;9-10,14-20H,2-8,11-13H2,1H3;6-7,12-19H,1-5,8-11H2;6-7,11-18H,1-5,8-10H2;7-8,12-18H,2-6,9-11H2,1H3;5-6,10-16H,2-4,7-9H2,1H3. The first-order valence-electron chi connectivity index (χ1n) is 62.6. The van der Waals surface area contributed by atoms with E-state index in [1.165, 1.54) is 199 Å². The van der Waals surface area contributed by atoms with Crippen LogP contribution >= 0.6 is 0 Å². The molecule has 23 fully saturated rings. The lowest BCUT2D eigenvalue weighted by Crippen LogP contribution is -2.34. The third-order valence-corrected chi connectivity index (χ3v) is 50.7. The van der Waals surface area contributed by atoms with Gasteiger partial charge in [-0.15, -0.1) is 0 Å². The van der Waals surface area contributed by atoms with Gasteiger partial charge in [0.05, 0.1) is 0 Å². The molecule has 133 heavy (non-hydrogen) atoms. The van der Waals surface area contributed by atoms with E-state index in [1.807, 2.05) is 0 Å². The van der Waals surface area contributed by atoms with Crippen molar-refractivity contribution < 1.29 is 0 Å². The lowest BCUT2D eigenvalue weighted by atomic mass is 9.64. The van der Waals surface area contributed by atoms with Crippen LogP contribution in [0.15, 0.2) is 115 Å². The van der Waals surface area contributed by atoms with Crippen molar-refractivity contribution in [3.63, 3.8) is 0 Å². The first kappa shape index (κ1) is 91.6. The molecule has 0 saturated heterocycles. The molecule has 1 aromatic rings. The molecule has 0 heteroatoms. The summed E-state index contributed by atoms with van der Waals surface area (Å²) < 4.78 is 0. The van der Waals surface area contributed by atoms with Gasteiger partial charge in [0, 0.05) is 0 Å². The van der Waals surface area contributed by atoms with Crippen molar-refractivity contribution >= 4 is 0 Å². The Morgan fingerprint density at radius 3 is 0.759 bits per heavy atom. The van der Waals surface area contributed by atoms with Gasteiger partial charge in [-0.05, 0) is 461 Å². The van der Waals surface area contributed by atoms with Crippen LogP contribution in [0, 0.1) is 302 Å². The third-order valence-electron chi connectivity index (χ3n) is 50.7. The quantitative estimate of drug-likeness (QED) is 0.0409. The normalized spacial score (nSPS) is 50.8. The van der Waals surface area contributed by atoms with Gasteiger partial charge in [-0.3, -0.25) is 0 Å². The van der Waals surface area contributed by atoms with Crippen molar-refractivity contribution in [1.29, 1.82) is 0 Å². The lowest BCUT2D eigenvalue weighted by Gasteiger charge is -2.41. The highest BCUT2D eigenvalue weighted by atomic mass is 14.7.